The van der Waals surface area contributed by atoms with E-state index in [0.29, 0.717) is 22.4 Å². The Bertz CT molecular complexity index is 1100. The topological polar surface area (TPSA) is 76.6 Å². The predicted molar refractivity (Wildman–Crippen MR) is 103 cm³/mol. The lowest BCUT2D eigenvalue weighted by atomic mass is 10.1. The lowest BCUT2D eigenvalue weighted by Crippen LogP contribution is -2.33. The zero-order valence-corrected chi connectivity index (χ0v) is 15.6. The Morgan fingerprint density at radius 2 is 1.68 bits per heavy atom. The molecule has 2 heterocycles. The predicted octanol–water partition coefficient (Wildman–Crippen LogP) is 3.30. The van der Waals surface area contributed by atoms with Crippen LogP contribution >= 0.6 is 0 Å². The van der Waals surface area contributed by atoms with Gasteiger partial charge in [-0.25, -0.2) is 4.79 Å². The van der Waals surface area contributed by atoms with Crippen molar-refractivity contribution in [3.05, 3.63) is 76.5 Å². The van der Waals surface area contributed by atoms with Crippen molar-refractivity contribution < 1.29 is 19.1 Å². The first-order valence-electron chi connectivity index (χ1n) is 8.96. The molecule has 0 saturated heterocycles. The van der Waals surface area contributed by atoms with E-state index >= 15 is 0 Å². The fraction of sp³-hybridized carbons (Fsp3) is 0.182. The molecule has 1 aliphatic rings. The van der Waals surface area contributed by atoms with Gasteiger partial charge in [-0.05, 0) is 44.2 Å². The van der Waals surface area contributed by atoms with Crippen LogP contribution < -0.4 is 0 Å². The molecule has 28 heavy (non-hydrogen) atoms. The minimum Gasteiger partial charge on any atom is -0.460 e. The molecule has 3 aromatic rings. The van der Waals surface area contributed by atoms with Crippen LogP contribution in [0.4, 0.5) is 0 Å². The Balaban J connectivity index is 1.49. The molecule has 2 amide bonds. The Morgan fingerprint density at radius 3 is 2.36 bits per heavy atom. The number of hydrogen-bond acceptors (Lipinski definition) is 5. The fourth-order valence-corrected chi connectivity index (χ4v) is 3.39. The Kier molecular flexibility index (Phi) is 4.39. The van der Waals surface area contributed by atoms with Gasteiger partial charge in [0.1, 0.15) is 6.61 Å². The Morgan fingerprint density at radius 1 is 1.00 bits per heavy atom. The molecule has 0 spiro atoms. The maximum Gasteiger partial charge on any atom is 0.338 e. The number of fused-ring (bicyclic) bond motifs is 2. The third-order valence-electron chi connectivity index (χ3n) is 4.74. The molecule has 140 valence electrons. The Labute approximate surface area is 161 Å². The summed E-state index contributed by atoms with van der Waals surface area (Å²) in [5, 5.41) is 0.719. The van der Waals surface area contributed by atoms with Crippen LogP contribution in [-0.4, -0.2) is 40.8 Å². The summed E-state index contributed by atoms with van der Waals surface area (Å²) in [7, 11) is 0. The van der Waals surface area contributed by atoms with Crippen LogP contribution in [0.15, 0.2) is 48.5 Å². The summed E-state index contributed by atoms with van der Waals surface area (Å²) in [6.07, 6.45) is 0. The highest BCUT2D eigenvalue weighted by molar-refractivity contribution is 6.21. The number of nitrogens with zero attached hydrogens (tertiary/aromatic N) is 2. The van der Waals surface area contributed by atoms with E-state index in [4.69, 9.17) is 4.74 Å². The van der Waals surface area contributed by atoms with Crippen molar-refractivity contribution in [2.45, 2.75) is 13.8 Å². The number of hydrogen-bond donors (Lipinski definition) is 0. The van der Waals surface area contributed by atoms with E-state index < -0.39 is 5.97 Å². The van der Waals surface area contributed by atoms with Gasteiger partial charge in [0.2, 0.25) is 0 Å². The number of pyridine rings is 1. The minimum absolute atomic E-state index is 0.0130. The smallest absolute Gasteiger partial charge is 0.338 e. The summed E-state index contributed by atoms with van der Waals surface area (Å²) in [5.41, 5.74) is 3.63. The number of aromatic nitrogens is 1. The van der Waals surface area contributed by atoms with Crippen molar-refractivity contribution in [1.29, 1.82) is 0 Å². The van der Waals surface area contributed by atoms with Gasteiger partial charge in [-0.15, -0.1) is 0 Å². The van der Waals surface area contributed by atoms with Crippen LogP contribution in [0.25, 0.3) is 10.9 Å². The molecule has 0 aliphatic carbocycles. The van der Waals surface area contributed by atoms with Crippen LogP contribution in [-0.2, 0) is 4.74 Å². The minimum atomic E-state index is -0.502. The normalized spacial score (nSPS) is 13.1. The summed E-state index contributed by atoms with van der Waals surface area (Å²) >= 11 is 0. The van der Waals surface area contributed by atoms with Crippen molar-refractivity contribution in [1.82, 2.24) is 9.88 Å². The molecule has 0 unspecified atom stereocenters. The molecule has 4 rings (SSSR count). The van der Waals surface area contributed by atoms with E-state index in [9.17, 15) is 14.4 Å². The van der Waals surface area contributed by atoms with E-state index in [1.165, 1.54) is 0 Å². The summed E-state index contributed by atoms with van der Waals surface area (Å²) < 4.78 is 5.38. The number of amides is 2. The summed E-state index contributed by atoms with van der Waals surface area (Å²) in [6.45, 7) is 3.70. The number of rotatable bonds is 4. The van der Waals surface area contributed by atoms with E-state index in [2.05, 4.69) is 4.98 Å². The maximum atomic E-state index is 12.6. The molecule has 6 nitrogen and oxygen atoms in total. The zero-order chi connectivity index (χ0) is 19.8. The van der Waals surface area contributed by atoms with Crippen molar-refractivity contribution >= 4 is 28.7 Å². The highest BCUT2D eigenvalue weighted by atomic mass is 16.5. The average Bonchev–Trinajstić information content (AvgIpc) is 2.93. The van der Waals surface area contributed by atoms with Gasteiger partial charge in [0.15, 0.2) is 0 Å². The number of imide groups is 1. The number of esters is 1. The molecule has 0 N–H and O–H groups in total. The maximum absolute atomic E-state index is 12.6. The average molecular weight is 374 g/mol. The molecule has 2 aromatic carbocycles. The number of aryl methyl sites for hydroxylation is 2. The molecule has 0 fully saturated rings. The molecular formula is C22H18N2O4. The van der Waals surface area contributed by atoms with Crippen molar-refractivity contribution in [3.63, 3.8) is 0 Å². The van der Waals surface area contributed by atoms with Gasteiger partial charge < -0.3 is 4.74 Å². The molecular weight excluding hydrogens is 356 g/mol. The Hall–Kier alpha value is -3.54. The van der Waals surface area contributed by atoms with Crippen LogP contribution in [0.3, 0.4) is 0 Å². The van der Waals surface area contributed by atoms with Crippen molar-refractivity contribution in [3.8, 4) is 0 Å². The SMILES string of the molecule is Cc1ccc2nc(C)cc(C(=O)OCCN3C(=O)c4ccccc4C3=O)c2c1. The summed E-state index contributed by atoms with van der Waals surface area (Å²) in [6, 6.07) is 14.1. The lowest BCUT2D eigenvalue weighted by Gasteiger charge is -2.14. The summed E-state index contributed by atoms with van der Waals surface area (Å²) in [4.78, 5) is 42.9. The number of carbonyl (C=O) groups is 3. The van der Waals surface area contributed by atoms with E-state index in [1.807, 2.05) is 32.0 Å². The zero-order valence-electron chi connectivity index (χ0n) is 15.6. The first-order chi connectivity index (χ1) is 13.5. The molecule has 0 bridgehead atoms. The number of benzene rings is 2. The quantitative estimate of drug-likeness (QED) is 0.517. The van der Waals surface area contributed by atoms with Gasteiger partial charge in [-0.2, -0.15) is 0 Å². The van der Waals surface area contributed by atoms with Crippen molar-refractivity contribution in [2.24, 2.45) is 0 Å². The first-order valence-corrected chi connectivity index (χ1v) is 8.96. The third-order valence-corrected chi connectivity index (χ3v) is 4.74. The molecule has 0 saturated carbocycles. The van der Waals surface area contributed by atoms with E-state index in [0.717, 1.165) is 21.4 Å². The monoisotopic (exact) mass is 374 g/mol. The number of carbonyl (C=O) groups excluding carboxylic acids is 3. The molecule has 6 heteroatoms. The van der Waals surface area contributed by atoms with Gasteiger partial charge in [-0.1, -0.05) is 23.8 Å². The van der Waals surface area contributed by atoms with Gasteiger partial charge in [0, 0.05) is 11.1 Å². The van der Waals surface area contributed by atoms with Gasteiger partial charge in [0.25, 0.3) is 11.8 Å². The second-order valence-corrected chi connectivity index (χ2v) is 6.78. The van der Waals surface area contributed by atoms with E-state index in [1.54, 1.807) is 30.3 Å². The van der Waals surface area contributed by atoms with E-state index in [-0.39, 0.29) is 25.0 Å². The number of ether oxygens (including phenoxy) is 1. The van der Waals surface area contributed by atoms with Crippen LogP contribution in [0.1, 0.15) is 42.3 Å². The third kappa shape index (κ3) is 3.03. The highest BCUT2D eigenvalue weighted by Crippen LogP contribution is 2.23. The van der Waals surface area contributed by atoms with Crippen LogP contribution in [0, 0.1) is 13.8 Å². The second-order valence-electron chi connectivity index (χ2n) is 6.78. The van der Waals surface area contributed by atoms with Crippen LogP contribution in [0.2, 0.25) is 0 Å². The van der Waals surface area contributed by atoms with Gasteiger partial charge in [0.05, 0.1) is 28.8 Å². The highest BCUT2D eigenvalue weighted by Gasteiger charge is 2.34. The van der Waals surface area contributed by atoms with Gasteiger partial charge >= 0.3 is 5.97 Å². The van der Waals surface area contributed by atoms with Crippen molar-refractivity contribution in [2.75, 3.05) is 13.2 Å². The molecule has 1 aromatic heterocycles. The largest absolute Gasteiger partial charge is 0.460 e. The second kappa shape index (κ2) is 6.88. The first kappa shape index (κ1) is 17.9. The molecule has 0 atom stereocenters. The lowest BCUT2D eigenvalue weighted by molar-refractivity contribution is 0.0422. The molecule has 1 aliphatic heterocycles. The summed E-state index contributed by atoms with van der Waals surface area (Å²) in [5.74, 6) is -1.23. The van der Waals surface area contributed by atoms with Gasteiger partial charge in [-0.3, -0.25) is 19.5 Å². The van der Waals surface area contributed by atoms with Crippen LogP contribution in [0.5, 0.6) is 0 Å². The fourth-order valence-electron chi connectivity index (χ4n) is 3.39. The molecule has 0 radical (unpaired) electrons. The standard InChI is InChI=1S/C22H18N2O4/c1-13-7-8-19-17(11-13)18(12-14(2)23-19)22(27)28-10-9-24-20(25)15-5-3-4-6-16(15)21(24)26/h3-8,11-12H,9-10H2,1-2H3.